The van der Waals surface area contributed by atoms with E-state index >= 15 is 0 Å². The molecular formula is C10H13N. The molecule has 3 rings (SSSR count). The predicted molar refractivity (Wildman–Crippen MR) is 45.0 cm³/mol. The smallest absolute Gasteiger partial charge is 0.0632 e. The molecule has 0 bridgehead atoms. The van der Waals surface area contributed by atoms with Gasteiger partial charge in [-0.15, -0.1) is 0 Å². The van der Waals surface area contributed by atoms with Crippen LogP contribution in [-0.4, -0.2) is 4.57 Å². The molecule has 0 aromatic carbocycles. The molecule has 2 heterocycles. The molecular weight excluding hydrogens is 134 g/mol. The molecule has 0 radical (unpaired) electrons. The Kier molecular flexibility index (Phi) is 0.684. The van der Waals surface area contributed by atoms with Crippen molar-refractivity contribution in [2.24, 2.45) is 0 Å². The van der Waals surface area contributed by atoms with Gasteiger partial charge in [0.25, 0.3) is 0 Å². The Labute approximate surface area is 67.0 Å². The lowest BCUT2D eigenvalue weighted by atomic mass is 9.87. The van der Waals surface area contributed by atoms with Crippen LogP contribution in [-0.2, 0) is 18.4 Å². The molecule has 0 saturated heterocycles. The van der Waals surface area contributed by atoms with Crippen LogP contribution in [0.5, 0.6) is 0 Å². The molecule has 11 heavy (non-hydrogen) atoms. The Balaban J connectivity index is 2.24. The highest BCUT2D eigenvalue weighted by atomic mass is 15.2. The van der Waals surface area contributed by atoms with Crippen molar-refractivity contribution < 1.29 is 0 Å². The number of aromatic nitrogens is 1. The third-order valence-electron chi connectivity index (χ3n) is 2.76. The molecule has 0 N–H and O–H groups in total. The van der Waals surface area contributed by atoms with Gasteiger partial charge in [0.1, 0.15) is 0 Å². The van der Waals surface area contributed by atoms with E-state index in [0.717, 1.165) is 0 Å². The lowest BCUT2D eigenvalue weighted by Crippen LogP contribution is -2.11. The Morgan fingerprint density at radius 3 is 2.27 bits per heavy atom. The SMILES string of the molecule is CC(C)(C)c1c2c(n3c1C3)C2. The second kappa shape index (κ2) is 1.28. The lowest BCUT2D eigenvalue weighted by Gasteiger charge is -2.17. The molecule has 58 valence electrons. The highest BCUT2D eigenvalue weighted by Crippen LogP contribution is 2.49. The highest BCUT2D eigenvalue weighted by Gasteiger charge is 2.42. The Morgan fingerprint density at radius 1 is 1.18 bits per heavy atom. The van der Waals surface area contributed by atoms with Crippen molar-refractivity contribution in [1.29, 1.82) is 0 Å². The molecule has 0 spiro atoms. The van der Waals surface area contributed by atoms with E-state index in [-0.39, 0.29) is 0 Å². The quantitative estimate of drug-likeness (QED) is 0.458. The average molecular weight is 147 g/mol. The van der Waals surface area contributed by atoms with Gasteiger partial charge in [-0.3, -0.25) is 0 Å². The minimum Gasteiger partial charge on any atom is -0.340 e. The van der Waals surface area contributed by atoms with E-state index in [1.54, 1.807) is 22.5 Å². The molecule has 2 aliphatic rings. The predicted octanol–water partition coefficient (Wildman–Crippen LogP) is 2.05. The molecule has 0 saturated carbocycles. The summed E-state index contributed by atoms with van der Waals surface area (Å²) in [4.78, 5) is 0. The van der Waals surface area contributed by atoms with Crippen LogP contribution in [0.25, 0.3) is 0 Å². The molecule has 1 nitrogen and oxygen atoms in total. The number of rotatable bonds is 0. The normalized spacial score (nSPS) is 17.7. The van der Waals surface area contributed by atoms with Crippen molar-refractivity contribution in [3.8, 4) is 0 Å². The summed E-state index contributed by atoms with van der Waals surface area (Å²) in [7, 11) is 0. The first-order valence-electron chi connectivity index (χ1n) is 4.32. The van der Waals surface area contributed by atoms with Crippen molar-refractivity contribution in [2.45, 2.75) is 39.2 Å². The van der Waals surface area contributed by atoms with Gasteiger partial charge in [-0.05, 0) is 16.5 Å². The minimum atomic E-state index is 0.387. The van der Waals surface area contributed by atoms with E-state index in [9.17, 15) is 0 Å². The second-order valence-electron chi connectivity index (χ2n) is 4.76. The van der Waals surface area contributed by atoms with Gasteiger partial charge in [0.2, 0.25) is 0 Å². The second-order valence-corrected chi connectivity index (χ2v) is 4.76. The van der Waals surface area contributed by atoms with Gasteiger partial charge >= 0.3 is 0 Å². The number of nitrogens with zero attached hydrogens (tertiary/aromatic N) is 1. The fourth-order valence-electron chi connectivity index (χ4n) is 2.26. The van der Waals surface area contributed by atoms with Crippen LogP contribution in [0.1, 0.15) is 43.3 Å². The van der Waals surface area contributed by atoms with E-state index in [4.69, 9.17) is 0 Å². The monoisotopic (exact) mass is 147 g/mol. The van der Waals surface area contributed by atoms with Gasteiger partial charge < -0.3 is 4.57 Å². The maximum atomic E-state index is 2.47. The highest BCUT2D eigenvalue weighted by molar-refractivity contribution is 5.59. The van der Waals surface area contributed by atoms with Crippen molar-refractivity contribution in [3.05, 3.63) is 22.5 Å². The summed E-state index contributed by atoms with van der Waals surface area (Å²) >= 11 is 0. The molecule has 1 aliphatic heterocycles. The zero-order valence-corrected chi connectivity index (χ0v) is 7.36. The first kappa shape index (κ1) is 5.87. The standard InChI is InChI=1S/C10H13N/c1-10(2,3)9-6-4-7(6)11-5-8(9)11/h4-5H2,1-3H3. The van der Waals surface area contributed by atoms with Gasteiger partial charge in [0.05, 0.1) is 6.54 Å². The molecule has 0 amide bonds. The van der Waals surface area contributed by atoms with Crippen molar-refractivity contribution in [2.75, 3.05) is 0 Å². The zero-order chi connectivity index (χ0) is 7.80. The number of fused-ring (bicyclic) bond motifs is 3. The molecule has 1 aromatic rings. The summed E-state index contributed by atoms with van der Waals surface area (Å²) in [6.45, 7) is 8.20. The fourth-order valence-corrected chi connectivity index (χ4v) is 2.26. The summed E-state index contributed by atoms with van der Waals surface area (Å²) in [5.74, 6) is 0. The van der Waals surface area contributed by atoms with Gasteiger partial charge in [-0.2, -0.15) is 0 Å². The largest absolute Gasteiger partial charge is 0.340 e. The Morgan fingerprint density at radius 2 is 1.91 bits per heavy atom. The van der Waals surface area contributed by atoms with Gasteiger partial charge in [-0.25, -0.2) is 0 Å². The average Bonchev–Trinajstić information content (AvgIpc) is 2.65. The van der Waals surface area contributed by atoms with Crippen molar-refractivity contribution in [3.63, 3.8) is 0 Å². The van der Waals surface area contributed by atoms with Crippen LogP contribution in [0.3, 0.4) is 0 Å². The zero-order valence-electron chi connectivity index (χ0n) is 7.36. The molecule has 0 atom stereocenters. The van der Waals surface area contributed by atoms with Crippen LogP contribution in [0.4, 0.5) is 0 Å². The Bertz CT molecular complexity index is 322. The molecule has 1 aliphatic carbocycles. The maximum absolute atomic E-state index is 2.47. The number of hydrogen-bond acceptors (Lipinski definition) is 0. The van der Waals surface area contributed by atoms with Crippen LogP contribution >= 0.6 is 0 Å². The molecule has 0 unspecified atom stereocenters. The molecule has 0 fully saturated rings. The fraction of sp³-hybridized carbons (Fsp3) is 0.600. The van der Waals surface area contributed by atoms with Crippen LogP contribution in [0.2, 0.25) is 0 Å². The van der Waals surface area contributed by atoms with Crippen LogP contribution in [0, 0.1) is 0 Å². The van der Waals surface area contributed by atoms with Crippen LogP contribution < -0.4 is 0 Å². The number of hydrogen-bond donors (Lipinski definition) is 0. The third-order valence-corrected chi connectivity index (χ3v) is 2.76. The summed E-state index contributed by atoms with van der Waals surface area (Å²) < 4.78 is 2.47. The summed E-state index contributed by atoms with van der Waals surface area (Å²) in [5.41, 5.74) is 6.96. The first-order valence-corrected chi connectivity index (χ1v) is 4.32. The topological polar surface area (TPSA) is 4.93 Å². The summed E-state index contributed by atoms with van der Waals surface area (Å²) in [6.07, 6.45) is 1.29. The Hall–Kier alpha value is -0.720. The van der Waals surface area contributed by atoms with Crippen molar-refractivity contribution >= 4 is 0 Å². The molecule has 1 heteroatoms. The van der Waals surface area contributed by atoms with E-state index in [1.165, 1.54) is 13.0 Å². The maximum Gasteiger partial charge on any atom is 0.0632 e. The minimum absolute atomic E-state index is 0.387. The first-order chi connectivity index (χ1) is 5.09. The van der Waals surface area contributed by atoms with E-state index in [1.807, 2.05) is 0 Å². The van der Waals surface area contributed by atoms with E-state index in [0.29, 0.717) is 5.41 Å². The molecule has 1 aromatic heterocycles. The van der Waals surface area contributed by atoms with Gasteiger partial charge in [-0.1, -0.05) is 20.8 Å². The van der Waals surface area contributed by atoms with E-state index in [2.05, 4.69) is 25.3 Å². The third kappa shape index (κ3) is 0.574. The lowest BCUT2D eigenvalue weighted by molar-refractivity contribution is 0.588. The van der Waals surface area contributed by atoms with E-state index < -0.39 is 0 Å². The van der Waals surface area contributed by atoms with Crippen molar-refractivity contribution in [1.82, 2.24) is 4.57 Å². The van der Waals surface area contributed by atoms with Gasteiger partial charge in [0, 0.05) is 17.8 Å². The summed E-state index contributed by atoms with van der Waals surface area (Å²) in [5, 5.41) is 0. The van der Waals surface area contributed by atoms with Gasteiger partial charge in [0.15, 0.2) is 0 Å². The van der Waals surface area contributed by atoms with Crippen LogP contribution in [0.15, 0.2) is 0 Å². The summed E-state index contributed by atoms with van der Waals surface area (Å²) in [6, 6.07) is 0.